The van der Waals surface area contributed by atoms with Gasteiger partial charge in [0.2, 0.25) is 5.82 Å². The van der Waals surface area contributed by atoms with Gasteiger partial charge in [-0.25, -0.2) is 4.39 Å². The Morgan fingerprint density at radius 3 is 3.08 bits per heavy atom. The molecule has 0 aliphatic heterocycles. The van der Waals surface area contributed by atoms with Crippen molar-refractivity contribution >= 4 is 11.9 Å². The highest BCUT2D eigenvalue weighted by molar-refractivity contribution is 5.70. The molecular formula is C7H4FN3O. The summed E-state index contributed by atoms with van der Waals surface area (Å²) >= 11 is 0. The third kappa shape index (κ3) is 0.795. The molecule has 4 nitrogen and oxygen atoms in total. The molecule has 2 heterocycles. The monoisotopic (exact) mass is 165 g/mol. The number of carbonyl (C=O) groups excluding carboxylic acids is 1. The second-order valence-electron chi connectivity index (χ2n) is 2.23. The summed E-state index contributed by atoms with van der Waals surface area (Å²) in [5.41, 5.74) is 0.0691. The number of rotatable bonds is 1. The molecule has 0 N–H and O–H groups in total. The van der Waals surface area contributed by atoms with E-state index in [2.05, 4.69) is 10.2 Å². The summed E-state index contributed by atoms with van der Waals surface area (Å²) in [6.45, 7) is 0. The van der Waals surface area contributed by atoms with Gasteiger partial charge in [0.05, 0.1) is 0 Å². The van der Waals surface area contributed by atoms with E-state index in [4.69, 9.17) is 0 Å². The van der Waals surface area contributed by atoms with Crippen molar-refractivity contribution in [1.82, 2.24) is 14.6 Å². The van der Waals surface area contributed by atoms with Crippen LogP contribution >= 0.6 is 0 Å². The highest BCUT2D eigenvalue weighted by atomic mass is 19.1. The lowest BCUT2D eigenvalue weighted by molar-refractivity contribution is 0.111. The summed E-state index contributed by atoms with van der Waals surface area (Å²) in [6, 6.07) is 2.75. The maximum Gasteiger partial charge on any atom is 0.201 e. The van der Waals surface area contributed by atoms with Gasteiger partial charge in [-0.15, -0.1) is 10.2 Å². The van der Waals surface area contributed by atoms with Crippen LogP contribution in [0.15, 0.2) is 18.3 Å². The topological polar surface area (TPSA) is 47.3 Å². The van der Waals surface area contributed by atoms with Crippen LogP contribution in [0.3, 0.4) is 0 Å². The number of pyridine rings is 1. The minimum Gasteiger partial charge on any atom is -0.294 e. The number of nitrogens with zero attached hydrogens (tertiary/aromatic N) is 3. The van der Waals surface area contributed by atoms with Crippen LogP contribution in [0.5, 0.6) is 0 Å². The average molecular weight is 165 g/mol. The van der Waals surface area contributed by atoms with Gasteiger partial charge in [-0.05, 0) is 12.1 Å². The van der Waals surface area contributed by atoms with Crippen molar-refractivity contribution in [3.63, 3.8) is 0 Å². The van der Waals surface area contributed by atoms with Crippen LogP contribution in [0, 0.1) is 5.82 Å². The van der Waals surface area contributed by atoms with Crippen molar-refractivity contribution < 1.29 is 9.18 Å². The molecule has 0 atom stereocenters. The molecule has 2 aromatic rings. The Bertz CT molecular complexity index is 437. The van der Waals surface area contributed by atoms with E-state index < -0.39 is 5.82 Å². The standard InChI is InChI=1S/C7H4FN3O/c8-5-2-1-3-11-6(4-12)9-10-7(5)11/h1-4H. The lowest BCUT2D eigenvalue weighted by Gasteiger charge is -1.91. The van der Waals surface area contributed by atoms with Crippen LogP contribution in [0.2, 0.25) is 0 Å². The molecule has 0 spiro atoms. The van der Waals surface area contributed by atoms with E-state index in [1.165, 1.54) is 22.7 Å². The summed E-state index contributed by atoms with van der Waals surface area (Å²) in [7, 11) is 0. The van der Waals surface area contributed by atoms with E-state index >= 15 is 0 Å². The van der Waals surface area contributed by atoms with Gasteiger partial charge >= 0.3 is 0 Å². The predicted molar refractivity (Wildman–Crippen MR) is 38.3 cm³/mol. The normalized spacial score (nSPS) is 10.4. The molecule has 0 fully saturated rings. The average Bonchev–Trinajstić information content (AvgIpc) is 2.49. The fraction of sp³-hybridized carbons (Fsp3) is 0. The number of aromatic nitrogens is 3. The van der Waals surface area contributed by atoms with Crippen LogP contribution in [0.1, 0.15) is 10.6 Å². The zero-order chi connectivity index (χ0) is 8.55. The molecule has 2 aromatic heterocycles. The number of hydrogen-bond donors (Lipinski definition) is 0. The molecule has 0 radical (unpaired) electrons. The fourth-order valence-corrected chi connectivity index (χ4v) is 0.982. The first kappa shape index (κ1) is 6.90. The lowest BCUT2D eigenvalue weighted by Crippen LogP contribution is -1.92. The smallest absolute Gasteiger partial charge is 0.201 e. The van der Waals surface area contributed by atoms with Crippen LogP contribution in [0.25, 0.3) is 5.65 Å². The lowest BCUT2D eigenvalue weighted by atomic mass is 10.4. The Hall–Kier alpha value is -1.78. The first-order valence-corrected chi connectivity index (χ1v) is 3.27. The molecule has 0 aromatic carbocycles. The SMILES string of the molecule is O=Cc1nnc2c(F)cccn12. The van der Waals surface area contributed by atoms with Crippen LogP contribution in [-0.4, -0.2) is 20.9 Å². The number of hydrogen-bond acceptors (Lipinski definition) is 3. The van der Waals surface area contributed by atoms with Crippen molar-refractivity contribution in [2.24, 2.45) is 0 Å². The predicted octanol–water partition coefficient (Wildman–Crippen LogP) is 0.681. The summed E-state index contributed by atoms with van der Waals surface area (Å²) in [5.74, 6) is -0.386. The van der Waals surface area contributed by atoms with Crippen molar-refractivity contribution in [3.8, 4) is 0 Å². The molecule has 0 saturated carbocycles. The molecule has 0 amide bonds. The van der Waals surface area contributed by atoms with Crippen molar-refractivity contribution in [2.75, 3.05) is 0 Å². The van der Waals surface area contributed by atoms with Crippen molar-refractivity contribution in [2.45, 2.75) is 0 Å². The van der Waals surface area contributed by atoms with E-state index in [0.29, 0.717) is 6.29 Å². The van der Waals surface area contributed by atoms with Gasteiger partial charge in [0.15, 0.2) is 17.8 Å². The molecule has 12 heavy (non-hydrogen) atoms. The molecule has 0 unspecified atom stereocenters. The van der Waals surface area contributed by atoms with Gasteiger partial charge in [-0.1, -0.05) is 0 Å². The summed E-state index contributed by atoms with van der Waals surface area (Å²) < 4.78 is 14.2. The summed E-state index contributed by atoms with van der Waals surface area (Å²) in [5, 5.41) is 6.98. The minimum absolute atomic E-state index is 0.0691. The quantitative estimate of drug-likeness (QED) is 0.584. The van der Waals surface area contributed by atoms with Gasteiger partial charge in [0.1, 0.15) is 0 Å². The molecule has 2 rings (SSSR count). The van der Waals surface area contributed by atoms with E-state index in [0.717, 1.165) is 0 Å². The Balaban J connectivity index is 2.88. The first-order valence-electron chi connectivity index (χ1n) is 3.27. The molecule has 0 aliphatic carbocycles. The van der Waals surface area contributed by atoms with Crippen LogP contribution < -0.4 is 0 Å². The van der Waals surface area contributed by atoms with Gasteiger partial charge < -0.3 is 0 Å². The molecule has 0 aliphatic rings. The number of fused-ring (bicyclic) bond motifs is 1. The zero-order valence-electron chi connectivity index (χ0n) is 5.94. The highest BCUT2D eigenvalue weighted by Crippen LogP contribution is 2.06. The van der Waals surface area contributed by atoms with Crippen molar-refractivity contribution in [3.05, 3.63) is 30.0 Å². The molecular weight excluding hydrogens is 161 g/mol. The van der Waals surface area contributed by atoms with Crippen molar-refractivity contribution in [1.29, 1.82) is 0 Å². The zero-order valence-corrected chi connectivity index (χ0v) is 5.94. The Morgan fingerprint density at radius 1 is 1.50 bits per heavy atom. The maximum absolute atomic E-state index is 12.9. The Kier molecular flexibility index (Phi) is 1.36. The largest absolute Gasteiger partial charge is 0.294 e. The second kappa shape index (κ2) is 2.37. The van der Waals surface area contributed by atoms with Gasteiger partial charge in [-0.2, -0.15) is 0 Å². The third-order valence-corrected chi connectivity index (χ3v) is 1.52. The number of carbonyl (C=O) groups is 1. The molecule has 60 valence electrons. The second-order valence-corrected chi connectivity index (χ2v) is 2.23. The highest BCUT2D eigenvalue weighted by Gasteiger charge is 2.06. The third-order valence-electron chi connectivity index (χ3n) is 1.52. The van der Waals surface area contributed by atoms with E-state index in [1.54, 1.807) is 0 Å². The number of halogens is 1. The van der Waals surface area contributed by atoms with Gasteiger partial charge in [0, 0.05) is 6.20 Å². The minimum atomic E-state index is -0.488. The van der Waals surface area contributed by atoms with Crippen LogP contribution in [-0.2, 0) is 0 Å². The van der Waals surface area contributed by atoms with E-state index in [-0.39, 0.29) is 11.5 Å². The summed E-state index contributed by atoms with van der Waals surface area (Å²) in [4.78, 5) is 10.3. The molecule has 5 heteroatoms. The molecule has 0 bridgehead atoms. The number of aldehydes is 1. The van der Waals surface area contributed by atoms with E-state index in [1.807, 2.05) is 0 Å². The van der Waals surface area contributed by atoms with E-state index in [9.17, 15) is 9.18 Å². The Morgan fingerprint density at radius 2 is 2.33 bits per heavy atom. The van der Waals surface area contributed by atoms with Gasteiger partial charge in [0.25, 0.3) is 0 Å². The first-order chi connectivity index (χ1) is 5.83. The van der Waals surface area contributed by atoms with Gasteiger partial charge in [-0.3, -0.25) is 9.20 Å². The maximum atomic E-state index is 12.9. The summed E-state index contributed by atoms with van der Waals surface area (Å²) in [6.07, 6.45) is 2.06. The van der Waals surface area contributed by atoms with Crippen LogP contribution in [0.4, 0.5) is 4.39 Å². The fourth-order valence-electron chi connectivity index (χ4n) is 0.982. The molecule has 0 saturated heterocycles. The Labute approximate surface area is 66.6 Å².